The van der Waals surface area contributed by atoms with Crippen LogP contribution in [0.15, 0.2) is 0 Å². The van der Waals surface area contributed by atoms with E-state index in [1.165, 1.54) is 0 Å². The van der Waals surface area contributed by atoms with Crippen molar-refractivity contribution in [2.45, 2.75) is 45.7 Å². The molecule has 0 aliphatic carbocycles. The predicted molar refractivity (Wildman–Crippen MR) is 66.4 cm³/mol. The zero-order chi connectivity index (χ0) is 12.0. The summed E-state index contributed by atoms with van der Waals surface area (Å²) in [6.07, 6.45) is 2.31. The van der Waals surface area contributed by atoms with Gasteiger partial charge in [0.05, 0.1) is 6.54 Å². The standard InChI is InChI=1S/C12H25N3O/c1-4-15-7-5-11(6-8-15)13-9-12(16)14-10(2)3/h10-11,13H,4-9H2,1-3H3,(H,14,16). The summed E-state index contributed by atoms with van der Waals surface area (Å²) in [5, 5.41) is 6.22. The number of piperidine rings is 1. The van der Waals surface area contributed by atoms with Crippen LogP contribution in [-0.4, -0.2) is 49.1 Å². The van der Waals surface area contributed by atoms with Crippen molar-refractivity contribution in [2.24, 2.45) is 0 Å². The maximum absolute atomic E-state index is 11.4. The predicted octanol–water partition coefficient (Wildman–Crippen LogP) is 0.585. The van der Waals surface area contributed by atoms with Crippen molar-refractivity contribution in [3.63, 3.8) is 0 Å². The van der Waals surface area contributed by atoms with E-state index in [1.807, 2.05) is 13.8 Å². The number of carbonyl (C=O) groups is 1. The smallest absolute Gasteiger partial charge is 0.234 e. The van der Waals surface area contributed by atoms with Gasteiger partial charge in [-0.2, -0.15) is 0 Å². The van der Waals surface area contributed by atoms with E-state index in [2.05, 4.69) is 22.5 Å². The van der Waals surface area contributed by atoms with Crippen molar-refractivity contribution in [3.8, 4) is 0 Å². The summed E-state index contributed by atoms with van der Waals surface area (Å²) >= 11 is 0. The fourth-order valence-corrected chi connectivity index (χ4v) is 2.06. The van der Waals surface area contributed by atoms with E-state index in [9.17, 15) is 4.79 Å². The number of hydrogen-bond acceptors (Lipinski definition) is 3. The molecule has 1 aliphatic heterocycles. The molecular weight excluding hydrogens is 202 g/mol. The summed E-state index contributed by atoms with van der Waals surface area (Å²) in [5.74, 6) is 0.105. The van der Waals surface area contributed by atoms with Gasteiger partial charge in [0.15, 0.2) is 0 Å². The van der Waals surface area contributed by atoms with Gasteiger partial charge in [-0.25, -0.2) is 0 Å². The third-order valence-electron chi connectivity index (χ3n) is 3.04. The lowest BCUT2D eigenvalue weighted by Gasteiger charge is -2.31. The van der Waals surface area contributed by atoms with Crippen molar-refractivity contribution in [1.82, 2.24) is 15.5 Å². The van der Waals surface area contributed by atoms with Crippen LogP contribution < -0.4 is 10.6 Å². The Labute approximate surface area is 98.8 Å². The van der Waals surface area contributed by atoms with Crippen LogP contribution in [0.4, 0.5) is 0 Å². The second-order valence-electron chi connectivity index (χ2n) is 4.81. The molecule has 0 aromatic carbocycles. The van der Waals surface area contributed by atoms with Gasteiger partial charge in [-0.3, -0.25) is 4.79 Å². The Kier molecular flexibility index (Phi) is 5.77. The number of likely N-dealkylation sites (tertiary alicyclic amines) is 1. The molecule has 1 aliphatic rings. The van der Waals surface area contributed by atoms with Crippen molar-refractivity contribution in [3.05, 3.63) is 0 Å². The first-order valence-electron chi connectivity index (χ1n) is 6.37. The summed E-state index contributed by atoms with van der Waals surface area (Å²) in [6, 6.07) is 0.747. The quantitative estimate of drug-likeness (QED) is 0.722. The maximum atomic E-state index is 11.4. The first-order chi connectivity index (χ1) is 7.61. The number of rotatable bonds is 5. The molecule has 0 bridgehead atoms. The molecule has 1 rings (SSSR count). The van der Waals surface area contributed by atoms with Crippen LogP contribution >= 0.6 is 0 Å². The Morgan fingerprint density at radius 3 is 2.50 bits per heavy atom. The molecule has 0 aromatic heterocycles. The average molecular weight is 227 g/mol. The lowest BCUT2D eigenvalue weighted by Crippen LogP contribution is -2.46. The Hall–Kier alpha value is -0.610. The van der Waals surface area contributed by atoms with Crippen molar-refractivity contribution in [1.29, 1.82) is 0 Å². The van der Waals surface area contributed by atoms with Crippen LogP contribution in [0.25, 0.3) is 0 Å². The van der Waals surface area contributed by atoms with Crippen LogP contribution in [0.1, 0.15) is 33.6 Å². The number of hydrogen-bond donors (Lipinski definition) is 2. The fourth-order valence-electron chi connectivity index (χ4n) is 2.06. The van der Waals surface area contributed by atoms with Crippen LogP contribution in [0, 0.1) is 0 Å². The second-order valence-corrected chi connectivity index (χ2v) is 4.81. The van der Waals surface area contributed by atoms with E-state index >= 15 is 0 Å². The van der Waals surface area contributed by atoms with Crippen molar-refractivity contribution >= 4 is 5.91 Å². The zero-order valence-electron chi connectivity index (χ0n) is 10.8. The Morgan fingerprint density at radius 1 is 1.38 bits per heavy atom. The first kappa shape index (κ1) is 13.5. The number of carbonyl (C=O) groups excluding carboxylic acids is 1. The van der Waals surface area contributed by atoms with E-state index in [-0.39, 0.29) is 11.9 Å². The van der Waals surface area contributed by atoms with Gasteiger partial charge in [-0.15, -0.1) is 0 Å². The Balaban J connectivity index is 2.12. The molecule has 94 valence electrons. The molecule has 1 heterocycles. The van der Waals surface area contributed by atoms with Gasteiger partial charge in [-0.05, 0) is 46.3 Å². The zero-order valence-corrected chi connectivity index (χ0v) is 10.8. The van der Waals surface area contributed by atoms with Crippen molar-refractivity contribution in [2.75, 3.05) is 26.2 Å². The molecular formula is C12H25N3O. The Bertz CT molecular complexity index is 210. The van der Waals surface area contributed by atoms with E-state index in [0.29, 0.717) is 12.6 Å². The summed E-state index contributed by atoms with van der Waals surface area (Å²) in [7, 11) is 0. The van der Waals surface area contributed by atoms with Gasteiger partial charge >= 0.3 is 0 Å². The minimum atomic E-state index is 0.105. The van der Waals surface area contributed by atoms with Gasteiger partial charge in [0.1, 0.15) is 0 Å². The number of amides is 1. The largest absolute Gasteiger partial charge is 0.353 e. The van der Waals surface area contributed by atoms with Crippen LogP contribution in [0.2, 0.25) is 0 Å². The SMILES string of the molecule is CCN1CCC(NCC(=O)NC(C)C)CC1. The highest BCUT2D eigenvalue weighted by atomic mass is 16.1. The molecule has 0 unspecified atom stereocenters. The summed E-state index contributed by atoms with van der Waals surface area (Å²) in [6.45, 7) is 10.1. The highest BCUT2D eigenvalue weighted by molar-refractivity contribution is 5.78. The van der Waals surface area contributed by atoms with E-state index in [1.54, 1.807) is 0 Å². The molecule has 1 fully saturated rings. The average Bonchev–Trinajstić information content (AvgIpc) is 2.26. The van der Waals surface area contributed by atoms with E-state index in [4.69, 9.17) is 0 Å². The monoisotopic (exact) mass is 227 g/mol. The highest BCUT2D eigenvalue weighted by Crippen LogP contribution is 2.09. The summed E-state index contributed by atoms with van der Waals surface area (Å²) < 4.78 is 0. The molecule has 0 spiro atoms. The molecule has 0 radical (unpaired) electrons. The minimum Gasteiger partial charge on any atom is -0.353 e. The second kappa shape index (κ2) is 6.86. The van der Waals surface area contributed by atoms with Crippen LogP contribution in [-0.2, 0) is 4.79 Å². The third kappa shape index (κ3) is 4.94. The molecule has 4 nitrogen and oxygen atoms in total. The fraction of sp³-hybridized carbons (Fsp3) is 0.917. The summed E-state index contributed by atoms with van der Waals surface area (Å²) in [4.78, 5) is 13.9. The minimum absolute atomic E-state index is 0.105. The lowest BCUT2D eigenvalue weighted by atomic mass is 10.1. The Morgan fingerprint density at radius 2 is 2.00 bits per heavy atom. The number of nitrogens with zero attached hydrogens (tertiary/aromatic N) is 1. The van der Waals surface area contributed by atoms with Crippen LogP contribution in [0.5, 0.6) is 0 Å². The highest BCUT2D eigenvalue weighted by Gasteiger charge is 2.18. The van der Waals surface area contributed by atoms with Gasteiger partial charge in [0.25, 0.3) is 0 Å². The van der Waals surface area contributed by atoms with E-state index < -0.39 is 0 Å². The van der Waals surface area contributed by atoms with Gasteiger partial charge in [0.2, 0.25) is 5.91 Å². The molecule has 4 heteroatoms. The van der Waals surface area contributed by atoms with Gasteiger partial charge in [0, 0.05) is 12.1 Å². The molecule has 16 heavy (non-hydrogen) atoms. The molecule has 1 amide bonds. The molecule has 1 saturated heterocycles. The van der Waals surface area contributed by atoms with Crippen molar-refractivity contribution < 1.29 is 4.79 Å². The maximum Gasteiger partial charge on any atom is 0.234 e. The van der Waals surface area contributed by atoms with Gasteiger partial charge < -0.3 is 15.5 Å². The lowest BCUT2D eigenvalue weighted by molar-refractivity contribution is -0.120. The molecule has 0 aromatic rings. The molecule has 2 N–H and O–H groups in total. The van der Waals surface area contributed by atoms with Gasteiger partial charge in [-0.1, -0.05) is 6.92 Å². The van der Waals surface area contributed by atoms with Crippen LogP contribution in [0.3, 0.4) is 0 Å². The van der Waals surface area contributed by atoms with E-state index in [0.717, 1.165) is 32.5 Å². The third-order valence-corrected chi connectivity index (χ3v) is 3.04. The summed E-state index contributed by atoms with van der Waals surface area (Å²) in [5.41, 5.74) is 0. The first-order valence-corrected chi connectivity index (χ1v) is 6.37. The molecule has 0 saturated carbocycles. The normalized spacial score (nSPS) is 19.0. The topological polar surface area (TPSA) is 44.4 Å². The number of nitrogens with one attached hydrogen (secondary N) is 2. The molecule has 0 atom stereocenters.